The molecule has 0 saturated carbocycles. The van der Waals surface area contributed by atoms with Crippen molar-refractivity contribution in [3.63, 3.8) is 0 Å². The third-order valence-electron chi connectivity index (χ3n) is 2.66. The van der Waals surface area contributed by atoms with E-state index in [1.165, 1.54) is 0 Å². The van der Waals surface area contributed by atoms with Gasteiger partial charge < -0.3 is 15.2 Å². The lowest BCUT2D eigenvalue weighted by Crippen LogP contribution is -2.31. The molecule has 1 rings (SSSR count). The summed E-state index contributed by atoms with van der Waals surface area (Å²) in [5.41, 5.74) is 0.977. The van der Waals surface area contributed by atoms with E-state index in [1.54, 1.807) is 6.07 Å². The van der Waals surface area contributed by atoms with Crippen LogP contribution in [0.1, 0.15) is 25.3 Å². The molecule has 0 aliphatic carbocycles. The number of aryl methyl sites for hydroxylation is 1. The maximum Gasteiger partial charge on any atom is 0.119 e. The van der Waals surface area contributed by atoms with Crippen molar-refractivity contribution in [2.75, 3.05) is 19.7 Å². The van der Waals surface area contributed by atoms with Crippen molar-refractivity contribution in [1.82, 2.24) is 5.32 Å². The van der Waals surface area contributed by atoms with E-state index in [0.717, 1.165) is 35.7 Å². The summed E-state index contributed by atoms with van der Waals surface area (Å²) >= 11 is 5.93. The van der Waals surface area contributed by atoms with Gasteiger partial charge in [-0.1, -0.05) is 24.9 Å². The quantitative estimate of drug-likeness (QED) is 0.715. The van der Waals surface area contributed by atoms with E-state index in [-0.39, 0.29) is 0 Å². The van der Waals surface area contributed by atoms with Gasteiger partial charge in [-0.05, 0) is 43.7 Å². The Morgan fingerprint density at radius 3 is 2.89 bits per heavy atom. The molecule has 0 fully saturated rings. The lowest BCUT2D eigenvalue weighted by molar-refractivity contribution is 0.106. The predicted octanol–water partition coefficient (Wildman–Crippen LogP) is 2.78. The van der Waals surface area contributed by atoms with Crippen LogP contribution in [0.5, 0.6) is 5.75 Å². The minimum absolute atomic E-state index is 0.292. The molecule has 3 nitrogen and oxygen atoms in total. The highest BCUT2D eigenvalue weighted by molar-refractivity contribution is 6.31. The molecule has 1 aromatic carbocycles. The van der Waals surface area contributed by atoms with Gasteiger partial charge in [0.1, 0.15) is 18.5 Å². The molecule has 2 N–H and O–H groups in total. The number of ether oxygens (including phenoxy) is 1. The van der Waals surface area contributed by atoms with Crippen LogP contribution in [-0.4, -0.2) is 30.9 Å². The Hall–Kier alpha value is -0.770. The summed E-state index contributed by atoms with van der Waals surface area (Å²) in [5, 5.41) is 13.6. The summed E-state index contributed by atoms with van der Waals surface area (Å²) in [6.07, 6.45) is 1.80. The molecule has 0 saturated heterocycles. The maximum absolute atomic E-state index is 9.72. The molecular weight excluding hydrogens is 250 g/mol. The molecule has 0 radical (unpaired) electrons. The molecule has 0 aliphatic rings. The highest BCUT2D eigenvalue weighted by atomic mass is 35.5. The Labute approximate surface area is 114 Å². The van der Waals surface area contributed by atoms with Crippen molar-refractivity contribution in [3.8, 4) is 5.75 Å². The lowest BCUT2D eigenvalue weighted by atomic mass is 10.2. The second-order valence-electron chi connectivity index (χ2n) is 4.43. The zero-order valence-corrected chi connectivity index (χ0v) is 11.8. The molecule has 0 heterocycles. The summed E-state index contributed by atoms with van der Waals surface area (Å²) in [5.74, 6) is 0.740. The van der Waals surface area contributed by atoms with Gasteiger partial charge in [0.25, 0.3) is 0 Å². The first-order chi connectivity index (χ1) is 8.63. The van der Waals surface area contributed by atoms with Gasteiger partial charge in [-0.15, -0.1) is 0 Å². The van der Waals surface area contributed by atoms with Crippen LogP contribution in [0.15, 0.2) is 18.2 Å². The smallest absolute Gasteiger partial charge is 0.119 e. The van der Waals surface area contributed by atoms with Gasteiger partial charge in [-0.2, -0.15) is 0 Å². The van der Waals surface area contributed by atoms with Crippen molar-refractivity contribution in [1.29, 1.82) is 0 Å². The Balaban J connectivity index is 2.24. The minimum Gasteiger partial charge on any atom is -0.491 e. The molecule has 4 heteroatoms. The van der Waals surface area contributed by atoms with Gasteiger partial charge in [0, 0.05) is 11.6 Å². The topological polar surface area (TPSA) is 41.5 Å². The van der Waals surface area contributed by atoms with E-state index in [4.69, 9.17) is 16.3 Å². The lowest BCUT2D eigenvalue weighted by Gasteiger charge is -2.13. The second kappa shape index (κ2) is 8.35. The van der Waals surface area contributed by atoms with Crippen LogP contribution < -0.4 is 10.1 Å². The van der Waals surface area contributed by atoms with Crippen LogP contribution in [0.2, 0.25) is 5.02 Å². The van der Waals surface area contributed by atoms with E-state index in [1.807, 2.05) is 19.1 Å². The molecule has 18 heavy (non-hydrogen) atoms. The summed E-state index contributed by atoms with van der Waals surface area (Å²) in [6.45, 7) is 5.86. The summed E-state index contributed by atoms with van der Waals surface area (Å²) in [7, 11) is 0. The van der Waals surface area contributed by atoms with Gasteiger partial charge in [0.05, 0.1) is 0 Å². The first-order valence-electron chi connectivity index (χ1n) is 6.41. The monoisotopic (exact) mass is 271 g/mol. The summed E-state index contributed by atoms with van der Waals surface area (Å²) in [4.78, 5) is 0. The highest BCUT2D eigenvalue weighted by Gasteiger charge is 2.05. The van der Waals surface area contributed by atoms with Crippen LogP contribution >= 0.6 is 11.6 Å². The largest absolute Gasteiger partial charge is 0.491 e. The number of aliphatic hydroxyl groups is 1. The number of rotatable bonds is 8. The molecule has 1 atom stereocenters. The second-order valence-corrected chi connectivity index (χ2v) is 4.84. The van der Waals surface area contributed by atoms with Gasteiger partial charge in [0.15, 0.2) is 0 Å². The molecule has 102 valence electrons. The normalized spacial score (nSPS) is 12.4. The van der Waals surface area contributed by atoms with Crippen LogP contribution in [0.25, 0.3) is 0 Å². The Kier molecular flexibility index (Phi) is 7.09. The van der Waals surface area contributed by atoms with Crippen LogP contribution in [0, 0.1) is 6.92 Å². The Bertz CT molecular complexity index is 358. The SMILES string of the molecule is CCCCNC[C@@H](O)COc1ccc(Cl)c(C)c1. The first kappa shape index (κ1) is 15.3. The molecule has 0 unspecified atom stereocenters. The number of aliphatic hydroxyl groups excluding tert-OH is 1. The summed E-state index contributed by atoms with van der Waals surface area (Å²) < 4.78 is 5.51. The number of halogens is 1. The molecular formula is C14H22ClNO2. The highest BCUT2D eigenvalue weighted by Crippen LogP contribution is 2.20. The van der Waals surface area contributed by atoms with Crippen LogP contribution in [0.4, 0.5) is 0 Å². The fourth-order valence-corrected chi connectivity index (χ4v) is 1.65. The van der Waals surface area contributed by atoms with E-state index in [0.29, 0.717) is 13.2 Å². The minimum atomic E-state index is -0.488. The number of nitrogens with one attached hydrogen (secondary N) is 1. The molecule has 0 spiro atoms. The Morgan fingerprint density at radius 2 is 2.22 bits per heavy atom. The van der Waals surface area contributed by atoms with Gasteiger partial charge in [0.2, 0.25) is 0 Å². The van der Waals surface area contributed by atoms with E-state index >= 15 is 0 Å². The zero-order valence-electron chi connectivity index (χ0n) is 11.1. The number of benzene rings is 1. The first-order valence-corrected chi connectivity index (χ1v) is 6.79. The van der Waals surface area contributed by atoms with Gasteiger partial charge in [-0.3, -0.25) is 0 Å². The molecule has 0 amide bonds. The molecule has 0 aromatic heterocycles. The molecule has 0 aliphatic heterocycles. The van der Waals surface area contributed by atoms with Crippen molar-refractivity contribution in [2.45, 2.75) is 32.8 Å². The molecule has 0 bridgehead atoms. The average molecular weight is 272 g/mol. The van der Waals surface area contributed by atoms with Crippen molar-refractivity contribution in [3.05, 3.63) is 28.8 Å². The number of hydrogen-bond donors (Lipinski definition) is 2. The van der Waals surface area contributed by atoms with E-state index < -0.39 is 6.10 Å². The van der Waals surface area contributed by atoms with E-state index in [9.17, 15) is 5.11 Å². The summed E-state index contributed by atoms with van der Waals surface area (Å²) in [6, 6.07) is 5.49. The van der Waals surface area contributed by atoms with Gasteiger partial charge in [-0.25, -0.2) is 0 Å². The Morgan fingerprint density at radius 1 is 1.44 bits per heavy atom. The zero-order chi connectivity index (χ0) is 13.4. The molecule has 1 aromatic rings. The van der Waals surface area contributed by atoms with Crippen molar-refractivity contribution in [2.24, 2.45) is 0 Å². The predicted molar refractivity (Wildman–Crippen MR) is 75.5 cm³/mol. The van der Waals surface area contributed by atoms with E-state index in [2.05, 4.69) is 12.2 Å². The third kappa shape index (κ3) is 5.71. The van der Waals surface area contributed by atoms with Crippen LogP contribution in [-0.2, 0) is 0 Å². The van der Waals surface area contributed by atoms with Gasteiger partial charge >= 0.3 is 0 Å². The number of unbranched alkanes of at least 4 members (excludes halogenated alkanes) is 1. The number of hydrogen-bond acceptors (Lipinski definition) is 3. The maximum atomic E-state index is 9.72. The standard InChI is InChI=1S/C14H22ClNO2/c1-3-4-7-16-9-12(17)10-18-13-5-6-14(15)11(2)8-13/h5-6,8,12,16-17H,3-4,7,9-10H2,1-2H3/t12-/m1/s1. The fraction of sp³-hybridized carbons (Fsp3) is 0.571. The average Bonchev–Trinajstić information content (AvgIpc) is 2.36. The van der Waals surface area contributed by atoms with Crippen LogP contribution in [0.3, 0.4) is 0 Å². The van der Waals surface area contributed by atoms with Crippen molar-refractivity contribution >= 4 is 11.6 Å². The third-order valence-corrected chi connectivity index (χ3v) is 3.08. The van der Waals surface area contributed by atoms with Crippen molar-refractivity contribution < 1.29 is 9.84 Å². The fourth-order valence-electron chi connectivity index (χ4n) is 1.53.